The Morgan fingerprint density at radius 3 is 1.52 bits per heavy atom. The lowest BCUT2D eigenvalue weighted by molar-refractivity contribution is 0.591. The van der Waals surface area contributed by atoms with E-state index in [0.717, 1.165) is 64.7 Å². The Morgan fingerprint density at radius 2 is 0.880 bits per heavy atom. The molecule has 0 radical (unpaired) electrons. The van der Waals surface area contributed by atoms with Crippen LogP contribution < -0.4 is 31.8 Å². The van der Waals surface area contributed by atoms with Gasteiger partial charge in [-0.1, -0.05) is 115 Å². The van der Waals surface area contributed by atoms with E-state index < -0.39 is 14.3 Å². The second-order valence-electron chi connectivity index (χ2n) is 12.4. The van der Waals surface area contributed by atoms with Crippen LogP contribution in [0.15, 0.2) is 193 Å². The van der Waals surface area contributed by atoms with E-state index in [1.807, 2.05) is 146 Å². The molecule has 0 aliphatic heterocycles. The summed E-state index contributed by atoms with van der Waals surface area (Å²) in [7, 11) is -6.40. The highest BCUT2D eigenvalue weighted by Crippen LogP contribution is 2.45. The molecule has 2 heterocycles. The van der Waals surface area contributed by atoms with Crippen molar-refractivity contribution in [3.8, 4) is 5.69 Å². The first-order valence-electron chi connectivity index (χ1n) is 16.5. The Balaban J connectivity index is 1.21. The second-order valence-corrected chi connectivity index (χ2v) is 18.0. The van der Waals surface area contributed by atoms with Gasteiger partial charge in [0.05, 0.1) is 17.3 Å². The predicted octanol–water partition coefficient (Wildman–Crippen LogP) is 8.81. The number of nitrogens with zero attached hydrogens (tertiary/aromatic N) is 1. The standard InChI is InChI=1S/C44H31NO3P2/c46-49(34-12-4-1-5-13-34,35-14-6-2-7-15-35)37-24-21-33(22-25-37)45-42-19-11-10-18-40(42)41-30-38(26-27-43(41)45)50(47,36-16-8-3-9-17-36)39-23-20-32-28-29-48-44(32)31-39/h1-31H. The van der Waals surface area contributed by atoms with Crippen molar-refractivity contribution >= 4 is 78.9 Å². The van der Waals surface area contributed by atoms with Crippen LogP contribution in [0.2, 0.25) is 0 Å². The summed E-state index contributed by atoms with van der Waals surface area (Å²) < 4.78 is 38.5. The molecule has 0 fully saturated rings. The van der Waals surface area contributed by atoms with Crippen LogP contribution in [-0.4, -0.2) is 4.57 Å². The molecule has 0 N–H and O–H groups in total. The number of hydrogen-bond donors (Lipinski definition) is 0. The average Bonchev–Trinajstić information content (AvgIpc) is 3.80. The maximum atomic E-state index is 15.5. The highest BCUT2D eigenvalue weighted by Gasteiger charge is 2.32. The van der Waals surface area contributed by atoms with E-state index in [2.05, 4.69) is 41.0 Å². The molecule has 0 bridgehead atoms. The lowest BCUT2D eigenvalue weighted by Gasteiger charge is -2.21. The zero-order valence-corrected chi connectivity index (χ0v) is 28.8. The Labute approximate surface area is 290 Å². The summed E-state index contributed by atoms with van der Waals surface area (Å²) in [4.78, 5) is 0. The van der Waals surface area contributed by atoms with E-state index in [0.29, 0.717) is 5.58 Å². The summed E-state index contributed by atoms with van der Waals surface area (Å²) in [5.74, 6) is 0. The molecule has 0 saturated carbocycles. The van der Waals surface area contributed by atoms with Gasteiger partial charge in [0.15, 0.2) is 14.3 Å². The minimum absolute atomic E-state index is 0.712. The monoisotopic (exact) mass is 683 g/mol. The van der Waals surface area contributed by atoms with Crippen molar-refractivity contribution in [1.82, 2.24) is 4.57 Å². The van der Waals surface area contributed by atoms with Crippen LogP contribution in [0.3, 0.4) is 0 Å². The molecule has 9 aromatic rings. The molecule has 1 unspecified atom stereocenters. The van der Waals surface area contributed by atoms with Crippen molar-refractivity contribution < 1.29 is 13.5 Å². The largest absolute Gasteiger partial charge is 0.464 e. The number of para-hydroxylation sites is 1. The zero-order chi connectivity index (χ0) is 33.7. The number of benzene rings is 7. The minimum Gasteiger partial charge on any atom is -0.464 e. The maximum absolute atomic E-state index is 15.5. The van der Waals surface area contributed by atoms with Crippen molar-refractivity contribution in [3.63, 3.8) is 0 Å². The van der Waals surface area contributed by atoms with Crippen LogP contribution in [0.4, 0.5) is 0 Å². The van der Waals surface area contributed by atoms with Gasteiger partial charge in [0.2, 0.25) is 0 Å². The molecule has 0 aliphatic carbocycles. The van der Waals surface area contributed by atoms with E-state index in [1.165, 1.54) is 0 Å². The normalized spacial score (nSPS) is 13.1. The van der Waals surface area contributed by atoms with Crippen molar-refractivity contribution in [2.45, 2.75) is 0 Å². The zero-order valence-electron chi connectivity index (χ0n) is 27.0. The lowest BCUT2D eigenvalue weighted by Crippen LogP contribution is -2.25. The van der Waals surface area contributed by atoms with Crippen LogP contribution in [0.5, 0.6) is 0 Å². The van der Waals surface area contributed by atoms with Gasteiger partial charge in [-0.2, -0.15) is 0 Å². The topological polar surface area (TPSA) is 52.2 Å². The van der Waals surface area contributed by atoms with Crippen molar-refractivity contribution in [1.29, 1.82) is 0 Å². The van der Waals surface area contributed by atoms with Gasteiger partial charge in [0, 0.05) is 53.7 Å². The van der Waals surface area contributed by atoms with Crippen LogP contribution in [0.1, 0.15) is 0 Å². The summed E-state index contributed by atoms with van der Waals surface area (Å²) in [6, 6.07) is 59.6. The number of hydrogen-bond acceptors (Lipinski definition) is 3. The van der Waals surface area contributed by atoms with Crippen molar-refractivity contribution in [2.75, 3.05) is 0 Å². The molecule has 4 nitrogen and oxygen atoms in total. The van der Waals surface area contributed by atoms with Gasteiger partial charge in [0.25, 0.3) is 0 Å². The Kier molecular flexibility index (Phi) is 7.32. The average molecular weight is 684 g/mol. The van der Waals surface area contributed by atoms with Gasteiger partial charge in [-0.05, 0) is 66.7 Å². The summed E-state index contributed by atoms with van der Waals surface area (Å²) in [6.07, 6.45) is 1.66. The first-order valence-corrected chi connectivity index (χ1v) is 20.0. The summed E-state index contributed by atoms with van der Waals surface area (Å²) in [5, 5.41) is 7.69. The molecular formula is C44H31NO3P2. The number of aromatic nitrogens is 1. The molecule has 2 aromatic heterocycles. The van der Waals surface area contributed by atoms with Gasteiger partial charge < -0.3 is 18.1 Å². The molecule has 6 heteroatoms. The van der Waals surface area contributed by atoms with E-state index in [1.54, 1.807) is 6.26 Å². The molecular weight excluding hydrogens is 652 g/mol. The second kappa shape index (κ2) is 12.0. The Hall–Kier alpha value is -5.66. The quantitative estimate of drug-likeness (QED) is 0.158. The third-order valence-electron chi connectivity index (χ3n) is 9.65. The molecule has 0 saturated heterocycles. The van der Waals surface area contributed by atoms with Gasteiger partial charge in [0.1, 0.15) is 5.58 Å². The fourth-order valence-corrected chi connectivity index (χ4v) is 12.5. The molecule has 1 atom stereocenters. The predicted molar refractivity (Wildman–Crippen MR) is 209 cm³/mol. The third kappa shape index (κ3) is 4.76. The molecule has 50 heavy (non-hydrogen) atoms. The maximum Gasteiger partial charge on any atom is 0.171 e. The van der Waals surface area contributed by atoms with E-state index >= 15 is 9.13 Å². The highest BCUT2D eigenvalue weighted by molar-refractivity contribution is 7.85. The van der Waals surface area contributed by atoms with Gasteiger partial charge >= 0.3 is 0 Å². The van der Waals surface area contributed by atoms with Crippen molar-refractivity contribution in [2.24, 2.45) is 0 Å². The summed E-state index contributed by atoms with van der Waals surface area (Å²) >= 11 is 0. The van der Waals surface area contributed by atoms with Crippen LogP contribution in [0.25, 0.3) is 38.5 Å². The summed E-state index contributed by atoms with van der Waals surface area (Å²) in [5.41, 5.74) is 3.70. The fourth-order valence-electron chi connectivity index (χ4n) is 7.19. The van der Waals surface area contributed by atoms with Crippen LogP contribution in [-0.2, 0) is 9.13 Å². The van der Waals surface area contributed by atoms with E-state index in [9.17, 15) is 0 Å². The third-order valence-corrected chi connectivity index (χ3v) is 15.8. The molecule has 7 aromatic carbocycles. The summed E-state index contributed by atoms with van der Waals surface area (Å²) in [6.45, 7) is 0. The highest BCUT2D eigenvalue weighted by atomic mass is 31.2. The van der Waals surface area contributed by atoms with E-state index in [-0.39, 0.29) is 0 Å². The molecule has 240 valence electrons. The molecule has 0 amide bonds. The van der Waals surface area contributed by atoms with Crippen molar-refractivity contribution in [3.05, 3.63) is 188 Å². The Morgan fingerprint density at radius 1 is 0.400 bits per heavy atom. The van der Waals surface area contributed by atoms with Gasteiger partial charge in [-0.3, -0.25) is 0 Å². The SMILES string of the molecule is O=P(c1ccccc1)(c1ccccc1)c1ccc(-n2c3ccccc3c3cc(P(=O)(c4ccccc4)c4ccc5ccoc5c4)ccc32)cc1. The van der Waals surface area contributed by atoms with Crippen LogP contribution in [0, 0.1) is 0 Å². The number of fused-ring (bicyclic) bond motifs is 4. The minimum atomic E-state index is -3.29. The van der Waals surface area contributed by atoms with Gasteiger partial charge in [-0.25, -0.2) is 0 Å². The molecule has 0 aliphatic rings. The lowest BCUT2D eigenvalue weighted by atomic mass is 10.1. The molecule has 0 spiro atoms. The Bertz CT molecular complexity index is 2710. The number of furan rings is 1. The first-order chi connectivity index (χ1) is 24.5. The smallest absolute Gasteiger partial charge is 0.171 e. The fraction of sp³-hybridized carbons (Fsp3) is 0. The van der Waals surface area contributed by atoms with Crippen LogP contribution >= 0.6 is 14.3 Å². The van der Waals surface area contributed by atoms with Gasteiger partial charge in [-0.15, -0.1) is 0 Å². The number of rotatable bonds is 7. The first kappa shape index (κ1) is 30.4. The van der Waals surface area contributed by atoms with E-state index in [4.69, 9.17) is 4.42 Å². The molecule has 9 rings (SSSR count).